The molecule has 218 valence electrons. The number of aromatic nitrogens is 2. The number of amides is 1. The normalized spacial score (nSPS) is 12.0. The second kappa shape index (κ2) is 12.3. The van der Waals surface area contributed by atoms with Crippen molar-refractivity contribution >= 4 is 12.4 Å². The Hall–Kier alpha value is -5.32. The van der Waals surface area contributed by atoms with Crippen molar-refractivity contribution in [2.24, 2.45) is 0 Å². The topological polar surface area (TPSA) is 94.3 Å². The van der Waals surface area contributed by atoms with Gasteiger partial charge in [-0.05, 0) is 72.1 Å². The minimum Gasteiger partial charge on any atom is -0.444 e. The minimum absolute atomic E-state index is 0.0544. The largest absolute Gasteiger partial charge is 0.444 e. The second-order valence-corrected chi connectivity index (χ2v) is 9.66. The molecule has 0 spiro atoms. The van der Waals surface area contributed by atoms with Crippen LogP contribution in [0.15, 0.2) is 95.5 Å². The van der Waals surface area contributed by atoms with Crippen molar-refractivity contribution in [2.75, 3.05) is 0 Å². The zero-order valence-corrected chi connectivity index (χ0v) is 22.6. The third-order valence-electron chi connectivity index (χ3n) is 6.60. The molecule has 43 heavy (non-hydrogen) atoms. The van der Waals surface area contributed by atoms with Gasteiger partial charge in [0.1, 0.15) is 5.82 Å². The van der Waals surface area contributed by atoms with E-state index in [0.717, 1.165) is 17.7 Å². The van der Waals surface area contributed by atoms with Gasteiger partial charge in [0.2, 0.25) is 5.82 Å². The first kappa shape index (κ1) is 29.2. The number of nitrogens with zero attached hydrogens (tertiary/aromatic N) is 2. The number of nitrogens with one attached hydrogen (secondary N) is 1. The van der Waals surface area contributed by atoms with Gasteiger partial charge in [-0.15, -0.1) is 0 Å². The van der Waals surface area contributed by atoms with E-state index >= 15 is 4.39 Å². The number of hydrogen-bond donors (Lipinski definition) is 1. The lowest BCUT2D eigenvalue weighted by atomic mass is 10.0. The van der Waals surface area contributed by atoms with Crippen LogP contribution in [0.1, 0.15) is 27.0 Å². The number of aryl methyl sites for hydroxylation is 1. The first-order valence-electron chi connectivity index (χ1n) is 13.0. The van der Waals surface area contributed by atoms with Crippen molar-refractivity contribution in [2.45, 2.75) is 25.7 Å². The molecule has 5 aromatic rings. The minimum atomic E-state index is -4.46. The summed E-state index contributed by atoms with van der Waals surface area (Å²) in [5.74, 6) is -0.952. The summed E-state index contributed by atoms with van der Waals surface area (Å²) in [5.41, 5.74) is 2.65. The lowest BCUT2D eigenvalue weighted by Gasteiger charge is -2.17. The molecule has 5 rings (SSSR count). The Morgan fingerprint density at radius 1 is 0.953 bits per heavy atom. The molecular formula is C32H23F4N3O4. The molecule has 1 amide bonds. The Morgan fingerprint density at radius 2 is 1.67 bits per heavy atom. The predicted molar refractivity (Wildman–Crippen MR) is 149 cm³/mol. The molecule has 0 aliphatic carbocycles. The number of ether oxygens (including phenoxy) is 1. The summed E-state index contributed by atoms with van der Waals surface area (Å²) in [6.45, 7) is 2.11. The molecule has 0 bridgehead atoms. The van der Waals surface area contributed by atoms with E-state index in [1.165, 1.54) is 36.4 Å². The summed E-state index contributed by atoms with van der Waals surface area (Å²) in [6.07, 6.45) is -5.65. The molecule has 0 fully saturated rings. The quantitative estimate of drug-likeness (QED) is 0.113. The lowest BCUT2D eigenvalue weighted by Crippen LogP contribution is -2.38. The second-order valence-electron chi connectivity index (χ2n) is 9.66. The van der Waals surface area contributed by atoms with Gasteiger partial charge in [0.05, 0.1) is 11.1 Å². The first-order valence-corrected chi connectivity index (χ1v) is 13.0. The molecule has 0 aliphatic heterocycles. The van der Waals surface area contributed by atoms with Crippen LogP contribution in [-0.2, 0) is 22.1 Å². The van der Waals surface area contributed by atoms with Gasteiger partial charge < -0.3 is 14.6 Å². The Kier molecular flexibility index (Phi) is 8.33. The van der Waals surface area contributed by atoms with Crippen molar-refractivity contribution < 1.29 is 36.4 Å². The van der Waals surface area contributed by atoms with Gasteiger partial charge in [-0.3, -0.25) is 9.59 Å². The van der Waals surface area contributed by atoms with Crippen molar-refractivity contribution in [3.8, 4) is 34.0 Å². The van der Waals surface area contributed by atoms with Gasteiger partial charge in [-0.25, -0.2) is 4.39 Å². The molecule has 0 radical (unpaired) electrons. The lowest BCUT2D eigenvalue weighted by molar-refractivity contribution is -0.137. The molecule has 4 aromatic carbocycles. The molecule has 7 nitrogen and oxygen atoms in total. The maximum Gasteiger partial charge on any atom is 0.416 e. The summed E-state index contributed by atoms with van der Waals surface area (Å²) in [4.78, 5) is 28.4. The Bertz CT molecular complexity index is 1750. The number of rotatable bonds is 9. The fourth-order valence-corrected chi connectivity index (χ4v) is 4.35. The van der Waals surface area contributed by atoms with E-state index in [2.05, 4.69) is 15.5 Å². The van der Waals surface area contributed by atoms with Crippen LogP contribution in [0.5, 0.6) is 0 Å². The number of alkyl halides is 3. The Balaban J connectivity index is 1.28. The van der Waals surface area contributed by atoms with Gasteiger partial charge in [0, 0.05) is 17.5 Å². The van der Waals surface area contributed by atoms with Crippen LogP contribution >= 0.6 is 0 Å². The van der Waals surface area contributed by atoms with Gasteiger partial charge in [-0.1, -0.05) is 53.2 Å². The van der Waals surface area contributed by atoms with Crippen molar-refractivity contribution in [1.29, 1.82) is 0 Å². The highest BCUT2D eigenvalue weighted by Gasteiger charge is 2.30. The predicted octanol–water partition coefficient (Wildman–Crippen LogP) is 7.01. The summed E-state index contributed by atoms with van der Waals surface area (Å²) < 4.78 is 64.1. The van der Waals surface area contributed by atoms with Crippen LogP contribution < -0.4 is 5.32 Å². The van der Waals surface area contributed by atoms with E-state index in [9.17, 15) is 22.8 Å². The highest BCUT2D eigenvalue weighted by molar-refractivity contribution is 5.95. The molecule has 0 saturated carbocycles. The van der Waals surface area contributed by atoms with Crippen molar-refractivity contribution in [3.05, 3.63) is 119 Å². The van der Waals surface area contributed by atoms with E-state index in [0.29, 0.717) is 22.3 Å². The van der Waals surface area contributed by atoms with Gasteiger partial charge in [0.15, 0.2) is 6.23 Å². The summed E-state index contributed by atoms with van der Waals surface area (Å²) in [7, 11) is 0. The fourth-order valence-electron chi connectivity index (χ4n) is 4.35. The van der Waals surface area contributed by atoms with Crippen molar-refractivity contribution in [1.82, 2.24) is 15.5 Å². The van der Waals surface area contributed by atoms with Crippen LogP contribution in [0.25, 0.3) is 34.0 Å². The van der Waals surface area contributed by atoms with Crippen LogP contribution in [0.2, 0.25) is 0 Å². The molecule has 1 heterocycles. The Labute approximate surface area is 243 Å². The number of benzene rings is 4. The van der Waals surface area contributed by atoms with Crippen LogP contribution in [0.4, 0.5) is 17.6 Å². The highest BCUT2D eigenvalue weighted by atomic mass is 19.4. The molecule has 1 aromatic heterocycles. The van der Waals surface area contributed by atoms with E-state index in [1.54, 1.807) is 18.2 Å². The summed E-state index contributed by atoms with van der Waals surface area (Å²) in [5, 5.41) is 6.46. The van der Waals surface area contributed by atoms with E-state index < -0.39 is 29.7 Å². The number of hydrogen-bond acceptors (Lipinski definition) is 6. The molecule has 1 N–H and O–H groups in total. The van der Waals surface area contributed by atoms with Crippen LogP contribution in [-0.4, -0.2) is 28.7 Å². The maximum absolute atomic E-state index is 15.1. The first-order chi connectivity index (χ1) is 20.6. The SMILES string of the molecule is Cc1ccc(-c2nc(-c3ccc(CC(NC(=O)c4cccc(-c5ccc(C(F)(F)F)cc5)c4)OC=O)cc3F)no2)cc1. The highest BCUT2D eigenvalue weighted by Crippen LogP contribution is 2.31. The van der Waals surface area contributed by atoms with E-state index in [4.69, 9.17) is 9.26 Å². The van der Waals surface area contributed by atoms with Gasteiger partial charge in [-0.2, -0.15) is 18.2 Å². The number of halogens is 4. The molecule has 1 atom stereocenters. The molecule has 0 aliphatic rings. The summed E-state index contributed by atoms with van der Waals surface area (Å²) >= 11 is 0. The standard InChI is InChI=1S/C32H23F4N3O4/c1-19-5-8-22(9-6-19)31-38-29(39-43-31)26-14-7-20(15-27(26)33)16-28(42-18-40)37-30(41)24-4-2-3-23(17-24)21-10-12-25(13-11-21)32(34,35)36/h2-15,17-18,28H,16H2,1H3,(H,37,41). The fraction of sp³-hybridized carbons (Fsp3) is 0.125. The molecule has 0 saturated heterocycles. The van der Waals surface area contributed by atoms with Crippen LogP contribution in [0, 0.1) is 12.7 Å². The molecular weight excluding hydrogens is 566 g/mol. The van der Waals surface area contributed by atoms with Crippen LogP contribution in [0.3, 0.4) is 0 Å². The molecule has 1 unspecified atom stereocenters. The average molecular weight is 590 g/mol. The third-order valence-corrected chi connectivity index (χ3v) is 6.60. The summed E-state index contributed by atoms with van der Waals surface area (Å²) in [6, 6.07) is 22.5. The van der Waals surface area contributed by atoms with Gasteiger partial charge in [0.25, 0.3) is 18.3 Å². The Morgan fingerprint density at radius 3 is 2.35 bits per heavy atom. The molecule has 11 heteroatoms. The monoisotopic (exact) mass is 589 g/mol. The zero-order chi connectivity index (χ0) is 30.6. The zero-order valence-electron chi connectivity index (χ0n) is 22.6. The average Bonchev–Trinajstić information content (AvgIpc) is 3.47. The smallest absolute Gasteiger partial charge is 0.416 e. The van der Waals surface area contributed by atoms with Crippen molar-refractivity contribution in [3.63, 3.8) is 0 Å². The number of carbonyl (C=O) groups is 2. The third kappa shape index (κ3) is 6.95. The van der Waals surface area contributed by atoms with E-state index in [-0.39, 0.29) is 35.7 Å². The maximum atomic E-state index is 15.1. The number of carbonyl (C=O) groups excluding carboxylic acids is 2. The van der Waals surface area contributed by atoms with E-state index in [1.807, 2.05) is 31.2 Å². The van der Waals surface area contributed by atoms with Gasteiger partial charge >= 0.3 is 6.18 Å².